The fourth-order valence-corrected chi connectivity index (χ4v) is 3.10. The monoisotopic (exact) mass is 347 g/mol. The van der Waals surface area contributed by atoms with Crippen molar-refractivity contribution in [3.05, 3.63) is 41.0 Å². The number of rotatable bonds is 3. The highest BCUT2D eigenvalue weighted by Gasteiger charge is 2.45. The average Bonchev–Trinajstić information content (AvgIpc) is 3.14. The van der Waals surface area contributed by atoms with Crippen LogP contribution < -0.4 is 10.2 Å². The van der Waals surface area contributed by atoms with Crippen molar-refractivity contribution in [1.29, 1.82) is 5.26 Å². The molecule has 1 atom stereocenters. The van der Waals surface area contributed by atoms with Crippen molar-refractivity contribution in [2.75, 3.05) is 18.0 Å². The van der Waals surface area contributed by atoms with Gasteiger partial charge in [-0.05, 0) is 18.6 Å². The zero-order valence-electron chi connectivity index (χ0n) is 13.6. The molecule has 3 rings (SSSR count). The van der Waals surface area contributed by atoms with Crippen LogP contribution >= 0.6 is 0 Å². The van der Waals surface area contributed by atoms with Crippen LogP contribution in [0.1, 0.15) is 30.6 Å². The Morgan fingerprint density at radius 1 is 1.44 bits per heavy atom. The SMILES string of the molecule is CC(=O)N[C@@]1(c2noc(C)n2)CCN(c2c(F)cc(C#N)cc2F)C1. The summed E-state index contributed by atoms with van der Waals surface area (Å²) in [6.07, 6.45) is 0.352. The lowest BCUT2D eigenvalue weighted by atomic mass is 9.97. The van der Waals surface area contributed by atoms with E-state index in [0.717, 1.165) is 12.1 Å². The zero-order chi connectivity index (χ0) is 18.2. The molecule has 1 N–H and O–H groups in total. The van der Waals surface area contributed by atoms with Crippen LogP contribution in [0.15, 0.2) is 16.7 Å². The summed E-state index contributed by atoms with van der Waals surface area (Å²) in [6.45, 7) is 3.31. The van der Waals surface area contributed by atoms with E-state index < -0.39 is 17.2 Å². The normalized spacial score (nSPS) is 19.7. The lowest BCUT2D eigenvalue weighted by Crippen LogP contribution is -2.48. The van der Waals surface area contributed by atoms with Gasteiger partial charge in [0.1, 0.15) is 11.2 Å². The van der Waals surface area contributed by atoms with E-state index in [0.29, 0.717) is 12.3 Å². The van der Waals surface area contributed by atoms with Crippen LogP contribution in [-0.2, 0) is 10.3 Å². The number of carbonyl (C=O) groups excluding carboxylic acids is 1. The van der Waals surface area contributed by atoms with Crippen molar-refractivity contribution < 1.29 is 18.1 Å². The van der Waals surface area contributed by atoms with Crippen LogP contribution in [0.5, 0.6) is 0 Å². The number of aryl methyl sites for hydroxylation is 1. The molecule has 0 bridgehead atoms. The van der Waals surface area contributed by atoms with Crippen LogP contribution in [0.4, 0.5) is 14.5 Å². The molecule has 7 nitrogen and oxygen atoms in total. The minimum atomic E-state index is -1.00. The molecule has 1 aromatic carbocycles. The van der Waals surface area contributed by atoms with Crippen LogP contribution in [0.2, 0.25) is 0 Å². The van der Waals surface area contributed by atoms with Gasteiger partial charge in [0.15, 0.2) is 17.5 Å². The van der Waals surface area contributed by atoms with E-state index in [1.165, 1.54) is 11.8 Å². The molecule has 25 heavy (non-hydrogen) atoms. The van der Waals surface area contributed by atoms with E-state index in [1.54, 1.807) is 13.0 Å². The molecule has 1 amide bonds. The molecule has 1 aliphatic heterocycles. The van der Waals surface area contributed by atoms with Crippen LogP contribution in [-0.4, -0.2) is 29.1 Å². The Labute approximate surface area is 142 Å². The number of nitrogens with zero attached hydrogens (tertiary/aromatic N) is 4. The molecule has 0 unspecified atom stereocenters. The Morgan fingerprint density at radius 2 is 2.12 bits per heavy atom. The first-order chi connectivity index (χ1) is 11.8. The number of carbonyl (C=O) groups is 1. The second-order valence-electron chi connectivity index (χ2n) is 5.97. The van der Waals surface area contributed by atoms with Crippen molar-refractivity contribution in [2.45, 2.75) is 25.8 Å². The van der Waals surface area contributed by atoms with Crippen molar-refractivity contribution >= 4 is 11.6 Å². The standard InChI is InChI=1S/C16H15F2N5O2/c1-9(24)21-16(15-20-10(2)25-22-15)3-4-23(8-16)14-12(17)5-11(7-19)6-13(14)18/h5-6H,3-4,8H2,1-2H3,(H,21,24)/t16-/m0/s1. The predicted octanol–water partition coefficient (Wildman–Crippen LogP) is 1.77. The first-order valence-electron chi connectivity index (χ1n) is 7.58. The molecular weight excluding hydrogens is 332 g/mol. The first-order valence-corrected chi connectivity index (χ1v) is 7.58. The number of anilines is 1. The minimum absolute atomic E-state index is 0.0747. The zero-order valence-corrected chi connectivity index (χ0v) is 13.6. The summed E-state index contributed by atoms with van der Waals surface area (Å²) in [5, 5.41) is 15.5. The predicted molar refractivity (Wildman–Crippen MR) is 82.4 cm³/mol. The molecule has 1 saturated heterocycles. The van der Waals surface area contributed by atoms with Crippen molar-refractivity contribution in [3.63, 3.8) is 0 Å². The van der Waals surface area contributed by atoms with Gasteiger partial charge in [0.05, 0.1) is 11.6 Å². The van der Waals surface area contributed by atoms with Gasteiger partial charge < -0.3 is 14.7 Å². The fraction of sp³-hybridized carbons (Fsp3) is 0.375. The molecule has 0 saturated carbocycles. The highest BCUT2D eigenvalue weighted by Crippen LogP contribution is 2.36. The van der Waals surface area contributed by atoms with Gasteiger partial charge in [-0.25, -0.2) is 8.78 Å². The van der Waals surface area contributed by atoms with E-state index in [-0.39, 0.29) is 36.1 Å². The molecular formula is C16H15F2N5O2. The third kappa shape index (κ3) is 3.03. The van der Waals surface area contributed by atoms with Crippen LogP contribution in [0.3, 0.4) is 0 Å². The van der Waals surface area contributed by atoms with Gasteiger partial charge in [-0.2, -0.15) is 10.2 Å². The van der Waals surface area contributed by atoms with Crippen molar-refractivity contribution in [2.24, 2.45) is 0 Å². The highest BCUT2D eigenvalue weighted by atomic mass is 19.1. The largest absolute Gasteiger partial charge is 0.364 e. The first kappa shape index (κ1) is 16.8. The van der Waals surface area contributed by atoms with Crippen LogP contribution in [0, 0.1) is 29.9 Å². The maximum absolute atomic E-state index is 14.3. The quantitative estimate of drug-likeness (QED) is 0.909. The molecule has 1 aromatic heterocycles. The average molecular weight is 347 g/mol. The summed E-state index contributed by atoms with van der Waals surface area (Å²) in [4.78, 5) is 17.3. The summed E-state index contributed by atoms with van der Waals surface area (Å²) in [7, 11) is 0. The van der Waals surface area contributed by atoms with Gasteiger partial charge in [-0.1, -0.05) is 5.16 Å². The molecule has 2 aromatic rings. The Bertz CT molecular complexity index is 853. The number of hydrogen-bond donors (Lipinski definition) is 1. The summed E-state index contributed by atoms with van der Waals surface area (Å²) in [6, 6.07) is 3.67. The number of nitrogens with one attached hydrogen (secondary N) is 1. The topological polar surface area (TPSA) is 95.1 Å². The second-order valence-corrected chi connectivity index (χ2v) is 5.97. The molecule has 0 aliphatic carbocycles. The lowest BCUT2D eigenvalue weighted by Gasteiger charge is -2.27. The van der Waals surface area contributed by atoms with Gasteiger partial charge in [0, 0.05) is 26.9 Å². The molecule has 130 valence electrons. The Kier molecular flexibility index (Phi) is 4.12. The summed E-state index contributed by atoms with van der Waals surface area (Å²) >= 11 is 0. The van der Waals surface area contributed by atoms with E-state index in [9.17, 15) is 13.6 Å². The van der Waals surface area contributed by atoms with E-state index in [2.05, 4.69) is 15.5 Å². The number of amides is 1. The molecule has 1 aliphatic rings. The molecule has 0 radical (unpaired) electrons. The van der Waals surface area contributed by atoms with Gasteiger partial charge >= 0.3 is 0 Å². The van der Waals surface area contributed by atoms with Crippen molar-refractivity contribution in [3.8, 4) is 6.07 Å². The lowest BCUT2D eigenvalue weighted by molar-refractivity contribution is -0.120. The number of benzene rings is 1. The van der Waals surface area contributed by atoms with Gasteiger partial charge in [-0.3, -0.25) is 4.79 Å². The van der Waals surface area contributed by atoms with Gasteiger partial charge in [0.2, 0.25) is 11.8 Å². The third-order valence-corrected chi connectivity index (χ3v) is 4.10. The minimum Gasteiger partial charge on any atom is -0.364 e. The van der Waals surface area contributed by atoms with E-state index in [4.69, 9.17) is 9.78 Å². The van der Waals surface area contributed by atoms with Crippen LogP contribution in [0.25, 0.3) is 0 Å². The molecule has 2 heterocycles. The third-order valence-electron chi connectivity index (χ3n) is 4.10. The number of aromatic nitrogens is 2. The molecule has 1 fully saturated rings. The Balaban J connectivity index is 1.98. The smallest absolute Gasteiger partial charge is 0.223 e. The maximum atomic E-state index is 14.3. The number of hydrogen-bond acceptors (Lipinski definition) is 6. The number of nitriles is 1. The summed E-state index contributed by atoms with van der Waals surface area (Å²) in [5.74, 6) is -1.39. The van der Waals surface area contributed by atoms with Gasteiger partial charge in [0.25, 0.3) is 0 Å². The fourth-order valence-electron chi connectivity index (χ4n) is 3.10. The second kappa shape index (κ2) is 6.12. The number of halogens is 2. The van der Waals surface area contributed by atoms with E-state index in [1.807, 2.05) is 0 Å². The summed E-state index contributed by atoms with van der Waals surface area (Å²) < 4.78 is 33.6. The highest BCUT2D eigenvalue weighted by molar-refractivity contribution is 5.74. The molecule has 9 heteroatoms. The molecule has 0 spiro atoms. The van der Waals surface area contributed by atoms with E-state index >= 15 is 0 Å². The Morgan fingerprint density at radius 3 is 2.64 bits per heavy atom. The summed E-state index contributed by atoms with van der Waals surface area (Å²) in [5.41, 5.74) is -1.34. The Hall–Kier alpha value is -3.02. The maximum Gasteiger partial charge on any atom is 0.223 e. The van der Waals surface area contributed by atoms with Gasteiger partial charge in [-0.15, -0.1) is 0 Å². The van der Waals surface area contributed by atoms with Crippen molar-refractivity contribution in [1.82, 2.24) is 15.5 Å².